The van der Waals surface area contributed by atoms with Crippen LogP contribution in [-0.4, -0.2) is 15.2 Å². The molecule has 0 aliphatic rings. The molecule has 0 amide bonds. The van der Waals surface area contributed by atoms with Crippen LogP contribution in [0.25, 0.3) is 0 Å². The van der Waals surface area contributed by atoms with E-state index in [9.17, 15) is 5.11 Å². The highest BCUT2D eigenvalue weighted by molar-refractivity contribution is 5.28. The van der Waals surface area contributed by atoms with Gasteiger partial charge >= 0.3 is 0 Å². The Balaban J connectivity index is 1.90. The Kier molecular flexibility index (Phi) is 4.52. The van der Waals surface area contributed by atoms with Crippen molar-refractivity contribution in [3.05, 3.63) is 41.5 Å². The first-order valence-corrected chi connectivity index (χ1v) is 6.41. The van der Waals surface area contributed by atoms with E-state index < -0.39 is 6.10 Å². The maximum absolute atomic E-state index is 9.40. The number of rotatable bonds is 6. The van der Waals surface area contributed by atoms with Gasteiger partial charge in [0.2, 0.25) is 0 Å². The first kappa shape index (κ1) is 13.5. The normalized spacial score (nSPS) is 12.4. The summed E-state index contributed by atoms with van der Waals surface area (Å²) in [4.78, 5) is 4.22. The Labute approximate surface area is 112 Å². The molecule has 5 heteroatoms. The number of nitrogens with zero attached hydrogens (tertiary/aromatic N) is 2. The molecule has 0 bridgehead atoms. The number of aliphatic hydroxyl groups excluding tert-OH is 1. The van der Waals surface area contributed by atoms with Gasteiger partial charge in [0.1, 0.15) is 5.75 Å². The largest absolute Gasteiger partial charge is 0.484 e. The molecule has 1 heterocycles. The molecule has 1 aromatic carbocycles. The lowest BCUT2D eigenvalue weighted by Crippen LogP contribution is -1.97. The summed E-state index contributed by atoms with van der Waals surface area (Å²) in [6.45, 7) is 4.05. The molecular weight excluding hydrogens is 244 g/mol. The standard InChI is InChI=1S/C14H18N2O3/c1-3-4-13-15-14(19-16-13)9-18-12-7-5-11(6-8-12)10(2)17/h5-8,10,17H,3-4,9H2,1-2H3/t10-/m1/s1. The van der Waals surface area contributed by atoms with Gasteiger partial charge in [-0.25, -0.2) is 0 Å². The van der Waals surface area contributed by atoms with Crippen molar-refractivity contribution in [2.45, 2.75) is 39.4 Å². The molecule has 1 aromatic heterocycles. The highest BCUT2D eigenvalue weighted by Crippen LogP contribution is 2.18. The number of hydrogen-bond donors (Lipinski definition) is 1. The molecular formula is C14H18N2O3. The second-order valence-electron chi connectivity index (χ2n) is 4.39. The summed E-state index contributed by atoms with van der Waals surface area (Å²) in [5.41, 5.74) is 0.857. The van der Waals surface area contributed by atoms with E-state index >= 15 is 0 Å². The van der Waals surface area contributed by atoms with Gasteiger partial charge in [0.15, 0.2) is 12.4 Å². The maximum Gasteiger partial charge on any atom is 0.264 e. The van der Waals surface area contributed by atoms with E-state index in [0.717, 1.165) is 18.4 Å². The van der Waals surface area contributed by atoms with Crippen molar-refractivity contribution in [3.8, 4) is 5.75 Å². The fourth-order valence-electron chi connectivity index (χ4n) is 1.66. The van der Waals surface area contributed by atoms with E-state index in [0.29, 0.717) is 17.5 Å². The lowest BCUT2D eigenvalue weighted by atomic mass is 10.1. The maximum atomic E-state index is 9.40. The summed E-state index contributed by atoms with van der Waals surface area (Å²) in [6, 6.07) is 7.28. The molecule has 0 saturated heterocycles. The van der Waals surface area contributed by atoms with Crippen molar-refractivity contribution < 1.29 is 14.4 Å². The number of ether oxygens (including phenoxy) is 1. The summed E-state index contributed by atoms with van der Waals surface area (Å²) in [5.74, 6) is 1.90. The van der Waals surface area contributed by atoms with Crippen molar-refractivity contribution in [1.29, 1.82) is 0 Å². The van der Waals surface area contributed by atoms with Crippen LogP contribution < -0.4 is 4.74 Å². The Morgan fingerprint density at radius 3 is 2.68 bits per heavy atom. The first-order chi connectivity index (χ1) is 9.19. The van der Waals surface area contributed by atoms with Crippen molar-refractivity contribution in [1.82, 2.24) is 10.1 Å². The van der Waals surface area contributed by atoms with E-state index in [4.69, 9.17) is 9.26 Å². The van der Waals surface area contributed by atoms with Crippen molar-refractivity contribution in [2.75, 3.05) is 0 Å². The number of aromatic nitrogens is 2. The fraction of sp³-hybridized carbons (Fsp3) is 0.429. The van der Waals surface area contributed by atoms with Gasteiger partial charge in [0.05, 0.1) is 6.10 Å². The molecule has 0 fully saturated rings. The third-order valence-electron chi connectivity index (χ3n) is 2.71. The molecule has 0 radical (unpaired) electrons. The van der Waals surface area contributed by atoms with E-state index in [2.05, 4.69) is 17.1 Å². The molecule has 102 valence electrons. The summed E-state index contributed by atoms with van der Waals surface area (Å²) in [5, 5.41) is 13.3. The highest BCUT2D eigenvalue weighted by atomic mass is 16.5. The zero-order valence-corrected chi connectivity index (χ0v) is 11.2. The molecule has 0 unspecified atom stereocenters. The van der Waals surface area contributed by atoms with Gasteiger partial charge in [0, 0.05) is 6.42 Å². The van der Waals surface area contributed by atoms with Crippen molar-refractivity contribution in [2.24, 2.45) is 0 Å². The summed E-state index contributed by atoms with van der Waals surface area (Å²) >= 11 is 0. The minimum Gasteiger partial charge on any atom is -0.484 e. The third-order valence-corrected chi connectivity index (χ3v) is 2.71. The Hall–Kier alpha value is -1.88. The molecule has 1 N–H and O–H groups in total. The van der Waals surface area contributed by atoms with Crippen LogP contribution in [0.4, 0.5) is 0 Å². The number of benzene rings is 1. The van der Waals surface area contributed by atoms with Crippen molar-refractivity contribution >= 4 is 0 Å². The van der Waals surface area contributed by atoms with E-state index in [-0.39, 0.29) is 6.61 Å². The first-order valence-electron chi connectivity index (χ1n) is 6.41. The van der Waals surface area contributed by atoms with E-state index in [1.165, 1.54) is 0 Å². The quantitative estimate of drug-likeness (QED) is 0.866. The van der Waals surface area contributed by atoms with Crippen LogP contribution in [0.1, 0.15) is 43.7 Å². The van der Waals surface area contributed by atoms with Gasteiger partial charge in [-0.3, -0.25) is 0 Å². The van der Waals surface area contributed by atoms with Gasteiger partial charge in [-0.1, -0.05) is 24.2 Å². The highest BCUT2D eigenvalue weighted by Gasteiger charge is 2.06. The molecule has 5 nitrogen and oxygen atoms in total. The lowest BCUT2D eigenvalue weighted by molar-refractivity contribution is 0.199. The summed E-state index contributed by atoms with van der Waals surface area (Å²) in [7, 11) is 0. The minimum absolute atomic E-state index is 0.255. The van der Waals surface area contributed by atoms with Gasteiger partial charge in [0.25, 0.3) is 5.89 Å². The predicted octanol–water partition coefficient (Wildman–Crippen LogP) is 2.65. The minimum atomic E-state index is -0.471. The number of aliphatic hydroxyl groups is 1. The van der Waals surface area contributed by atoms with E-state index in [1.807, 2.05) is 24.3 Å². The lowest BCUT2D eigenvalue weighted by Gasteiger charge is -2.06. The van der Waals surface area contributed by atoms with Gasteiger partial charge in [-0.05, 0) is 31.0 Å². The SMILES string of the molecule is CCCc1noc(COc2ccc([C@@H](C)O)cc2)n1. The molecule has 0 aliphatic heterocycles. The Bertz CT molecular complexity index is 506. The molecule has 0 saturated carbocycles. The topological polar surface area (TPSA) is 68.4 Å². The van der Waals surface area contributed by atoms with Crippen LogP contribution in [0, 0.1) is 0 Å². The number of aryl methyl sites for hydroxylation is 1. The van der Waals surface area contributed by atoms with Crippen LogP contribution in [0.2, 0.25) is 0 Å². The van der Waals surface area contributed by atoms with Crippen LogP contribution in [-0.2, 0) is 13.0 Å². The number of hydrogen-bond acceptors (Lipinski definition) is 5. The van der Waals surface area contributed by atoms with Crippen LogP contribution in [0.5, 0.6) is 5.75 Å². The molecule has 2 rings (SSSR count). The van der Waals surface area contributed by atoms with E-state index in [1.54, 1.807) is 6.92 Å². The smallest absolute Gasteiger partial charge is 0.264 e. The van der Waals surface area contributed by atoms with Crippen LogP contribution in [0.3, 0.4) is 0 Å². The molecule has 19 heavy (non-hydrogen) atoms. The zero-order chi connectivity index (χ0) is 13.7. The average Bonchev–Trinajstić information content (AvgIpc) is 2.85. The predicted molar refractivity (Wildman–Crippen MR) is 69.7 cm³/mol. The molecule has 0 spiro atoms. The van der Waals surface area contributed by atoms with Gasteiger partial charge in [-0.2, -0.15) is 4.98 Å². The van der Waals surface area contributed by atoms with Crippen LogP contribution >= 0.6 is 0 Å². The molecule has 1 atom stereocenters. The fourth-order valence-corrected chi connectivity index (χ4v) is 1.66. The van der Waals surface area contributed by atoms with Crippen LogP contribution in [0.15, 0.2) is 28.8 Å². The zero-order valence-electron chi connectivity index (χ0n) is 11.2. The Morgan fingerprint density at radius 2 is 2.05 bits per heavy atom. The van der Waals surface area contributed by atoms with Crippen molar-refractivity contribution in [3.63, 3.8) is 0 Å². The Morgan fingerprint density at radius 1 is 1.32 bits per heavy atom. The van der Waals surface area contributed by atoms with Gasteiger partial charge in [-0.15, -0.1) is 0 Å². The summed E-state index contributed by atoms with van der Waals surface area (Å²) < 4.78 is 10.6. The average molecular weight is 262 g/mol. The second-order valence-corrected chi connectivity index (χ2v) is 4.39. The second kappa shape index (κ2) is 6.33. The van der Waals surface area contributed by atoms with Gasteiger partial charge < -0.3 is 14.4 Å². The summed E-state index contributed by atoms with van der Waals surface area (Å²) in [6.07, 6.45) is 1.33. The molecule has 2 aromatic rings. The molecule has 0 aliphatic carbocycles. The third kappa shape index (κ3) is 3.79. The monoisotopic (exact) mass is 262 g/mol.